The van der Waals surface area contributed by atoms with Gasteiger partial charge in [0.05, 0.1) is 13.7 Å². The third kappa shape index (κ3) is 6.70. The van der Waals surface area contributed by atoms with Gasteiger partial charge in [-0.15, -0.1) is 0 Å². The zero-order valence-corrected chi connectivity index (χ0v) is 17.9. The number of guanidine groups is 1. The Balaban J connectivity index is 1.64. The van der Waals surface area contributed by atoms with Gasteiger partial charge >= 0.3 is 6.61 Å². The Morgan fingerprint density at radius 2 is 2.00 bits per heavy atom. The fourth-order valence-corrected chi connectivity index (χ4v) is 3.37. The summed E-state index contributed by atoms with van der Waals surface area (Å²) in [5.41, 5.74) is 1.53. The van der Waals surface area contributed by atoms with Crippen molar-refractivity contribution in [2.75, 3.05) is 31.6 Å². The number of ether oxygens (including phenoxy) is 2. The van der Waals surface area contributed by atoms with Crippen molar-refractivity contribution in [2.45, 2.75) is 39.5 Å². The SMILES string of the molecule is CCNC(=NCc1ccc(N2CCCC2)nc1)NCc1cc(OC)ccc1OC(F)F. The van der Waals surface area contributed by atoms with Crippen LogP contribution in [0.2, 0.25) is 0 Å². The molecule has 1 fully saturated rings. The first-order valence-electron chi connectivity index (χ1n) is 10.4. The topological polar surface area (TPSA) is 71.0 Å². The second-order valence-corrected chi connectivity index (χ2v) is 7.12. The van der Waals surface area contributed by atoms with E-state index in [4.69, 9.17) is 4.74 Å². The molecule has 2 heterocycles. The summed E-state index contributed by atoms with van der Waals surface area (Å²) in [6, 6.07) is 8.78. The number of hydrogen-bond acceptors (Lipinski definition) is 5. The molecule has 1 aromatic heterocycles. The lowest BCUT2D eigenvalue weighted by atomic mass is 10.2. The molecule has 0 amide bonds. The van der Waals surface area contributed by atoms with Crippen LogP contribution < -0.4 is 25.0 Å². The Morgan fingerprint density at radius 1 is 1.19 bits per heavy atom. The first-order chi connectivity index (χ1) is 15.1. The van der Waals surface area contributed by atoms with Gasteiger partial charge in [-0.05, 0) is 49.6 Å². The van der Waals surface area contributed by atoms with Crippen LogP contribution in [0.3, 0.4) is 0 Å². The summed E-state index contributed by atoms with van der Waals surface area (Å²) in [5.74, 6) is 2.22. The minimum absolute atomic E-state index is 0.0980. The van der Waals surface area contributed by atoms with Crippen molar-refractivity contribution in [2.24, 2.45) is 4.99 Å². The molecule has 0 unspecified atom stereocenters. The summed E-state index contributed by atoms with van der Waals surface area (Å²) < 4.78 is 35.3. The first-order valence-corrected chi connectivity index (χ1v) is 10.4. The lowest BCUT2D eigenvalue weighted by molar-refractivity contribution is -0.0504. The number of aliphatic imine (C=N–C) groups is 1. The van der Waals surface area contributed by atoms with Crippen LogP contribution in [-0.2, 0) is 13.1 Å². The van der Waals surface area contributed by atoms with Gasteiger partial charge in [-0.2, -0.15) is 8.78 Å². The van der Waals surface area contributed by atoms with E-state index in [0.29, 0.717) is 30.4 Å². The second kappa shape index (κ2) is 11.3. The van der Waals surface area contributed by atoms with Crippen LogP contribution in [-0.4, -0.2) is 44.3 Å². The number of rotatable bonds is 9. The van der Waals surface area contributed by atoms with Crippen LogP contribution in [0.4, 0.5) is 14.6 Å². The van der Waals surface area contributed by atoms with Crippen LogP contribution in [0, 0.1) is 0 Å². The summed E-state index contributed by atoms with van der Waals surface area (Å²) in [5, 5.41) is 6.32. The van der Waals surface area contributed by atoms with E-state index in [1.54, 1.807) is 12.1 Å². The van der Waals surface area contributed by atoms with E-state index in [2.05, 4.69) is 30.2 Å². The van der Waals surface area contributed by atoms with Gasteiger partial charge in [0.25, 0.3) is 0 Å². The van der Waals surface area contributed by atoms with Crippen LogP contribution in [0.15, 0.2) is 41.5 Å². The molecule has 2 aromatic rings. The van der Waals surface area contributed by atoms with Gasteiger partial charge in [-0.25, -0.2) is 9.98 Å². The number of methoxy groups -OCH3 is 1. The highest BCUT2D eigenvalue weighted by Gasteiger charge is 2.13. The van der Waals surface area contributed by atoms with Crippen molar-refractivity contribution in [3.63, 3.8) is 0 Å². The van der Waals surface area contributed by atoms with E-state index in [1.165, 1.54) is 26.0 Å². The van der Waals surface area contributed by atoms with Gasteiger partial charge in [-0.3, -0.25) is 0 Å². The van der Waals surface area contributed by atoms with Crippen molar-refractivity contribution in [1.29, 1.82) is 0 Å². The lowest BCUT2D eigenvalue weighted by Gasteiger charge is -2.16. The molecular weight excluding hydrogens is 404 g/mol. The number of anilines is 1. The van der Waals surface area contributed by atoms with Gasteiger partial charge < -0.3 is 25.0 Å². The quantitative estimate of drug-likeness (QED) is 0.466. The van der Waals surface area contributed by atoms with Crippen LogP contribution >= 0.6 is 0 Å². The van der Waals surface area contributed by atoms with Gasteiger partial charge in [0, 0.05) is 37.9 Å². The molecular formula is C22H29F2N5O2. The van der Waals surface area contributed by atoms with Crippen LogP contribution in [0.5, 0.6) is 11.5 Å². The Kier molecular flexibility index (Phi) is 8.26. The van der Waals surface area contributed by atoms with E-state index in [0.717, 1.165) is 24.5 Å². The molecule has 2 N–H and O–H groups in total. The number of alkyl halides is 2. The standard InChI is InChI=1S/C22H29F2N5O2/c1-3-25-22(27-14-16-6-9-20(26-13-16)29-10-4-5-11-29)28-15-17-12-18(30-2)7-8-19(17)31-21(23)24/h6-9,12-13,21H,3-5,10-11,14-15H2,1-2H3,(H2,25,27,28). The Bertz CT molecular complexity index is 855. The van der Waals surface area contributed by atoms with Gasteiger partial charge in [0.15, 0.2) is 5.96 Å². The normalized spacial score (nSPS) is 14.1. The van der Waals surface area contributed by atoms with E-state index in [1.807, 2.05) is 25.3 Å². The molecule has 1 aliphatic rings. The molecule has 9 heteroatoms. The minimum Gasteiger partial charge on any atom is -0.497 e. The molecule has 1 aliphatic heterocycles. The van der Waals surface area contributed by atoms with Crippen molar-refractivity contribution in [3.05, 3.63) is 47.7 Å². The van der Waals surface area contributed by atoms with Gasteiger partial charge in [0.2, 0.25) is 0 Å². The minimum atomic E-state index is -2.90. The Morgan fingerprint density at radius 3 is 2.65 bits per heavy atom. The summed E-state index contributed by atoms with van der Waals surface area (Å²) in [6.07, 6.45) is 4.27. The van der Waals surface area contributed by atoms with E-state index in [9.17, 15) is 8.78 Å². The smallest absolute Gasteiger partial charge is 0.387 e. The predicted molar refractivity (Wildman–Crippen MR) is 117 cm³/mol. The number of pyridine rings is 1. The largest absolute Gasteiger partial charge is 0.497 e. The molecule has 0 atom stereocenters. The van der Waals surface area contributed by atoms with E-state index >= 15 is 0 Å². The van der Waals surface area contributed by atoms with Crippen molar-refractivity contribution >= 4 is 11.8 Å². The van der Waals surface area contributed by atoms with Gasteiger partial charge in [0.1, 0.15) is 17.3 Å². The molecule has 3 rings (SSSR count). The Hall–Kier alpha value is -3.10. The summed E-state index contributed by atoms with van der Waals surface area (Å²) in [6.45, 7) is 2.53. The fraction of sp³-hybridized carbons (Fsp3) is 0.455. The highest BCUT2D eigenvalue weighted by molar-refractivity contribution is 5.79. The van der Waals surface area contributed by atoms with Gasteiger partial charge in [-0.1, -0.05) is 6.07 Å². The average molecular weight is 434 g/mol. The molecule has 1 saturated heterocycles. The Labute approximate surface area is 181 Å². The van der Waals surface area contributed by atoms with Crippen LogP contribution in [0.1, 0.15) is 30.9 Å². The number of halogens is 2. The van der Waals surface area contributed by atoms with E-state index < -0.39 is 6.61 Å². The third-order valence-electron chi connectivity index (χ3n) is 4.93. The molecule has 0 aliphatic carbocycles. The fourth-order valence-electron chi connectivity index (χ4n) is 3.37. The molecule has 0 spiro atoms. The maximum atomic E-state index is 12.7. The highest BCUT2D eigenvalue weighted by atomic mass is 19.3. The monoisotopic (exact) mass is 433 g/mol. The summed E-state index contributed by atoms with van der Waals surface area (Å²) in [4.78, 5) is 11.4. The van der Waals surface area contributed by atoms with Crippen molar-refractivity contribution < 1.29 is 18.3 Å². The molecule has 0 saturated carbocycles. The molecule has 1 aromatic carbocycles. The number of nitrogens with one attached hydrogen (secondary N) is 2. The maximum absolute atomic E-state index is 12.7. The zero-order chi connectivity index (χ0) is 22.1. The highest BCUT2D eigenvalue weighted by Crippen LogP contribution is 2.25. The van der Waals surface area contributed by atoms with Crippen molar-refractivity contribution in [3.8, 4) is 11.5 Å². The molecule has 0 bridgehead atoms. The zero-order valence-electron chi connectivity index (χ0n) is 17.9. The van der Waals surface area contributed by atoms with Crippen LogP contribution in [0.25, 0.3) is 0 Å². The second-order valence-electron chi connectivity index (χ2n) is 7.12. The molecule has 7 nitrogen and oxygen atoms in total. The summed E-state index contributed by atoms with van der Waals surface area (Å²) in [7, 11) is 1.52. The molecule has 31 heavy (non-hydrogen) atoms. The predicted octanol–water partition coefficient (Wildman–Crippen LogP) is 3.55. The number of benzene rings is 1. The average Bonchev–Trinajstić information content (AvgIpc) is 3.31. The number of hydrogen-bond donors (Lipinski definition) is 2. The number of aromatic nitrogens is 1. The maximum Gasteiger partial charge on any atom is 0.387 e. The number of nitrogens with zero attached hydrogens (tertiary/aromatic N) is 3. The van der Waals surface area contributed by atoms with Crippen molar-refractivity contribution in [1.82, 2.24) is 15.6 Å². The first kappa shape index (κ1) is 22.6. The van der Waals surface area contributed by atoms with E-state index in [-0.39, 0.29) is 12.3 Å². The third-order valence-corrected chi connectivity index (χ3v) is 4.93. The summed E-state index contributed by atoms with van der Waals surface area (Å²) >= 11 is 0. The molecule has 168 valence electrons. The lowest BCUT2D eigenvalue weighted by Crippen LogP contribution is -2.36. The molecule has 0 radical (unpaired) electrons.